The zero-order chi connectivity index (χ0) is 15.2. The fourth-order valence-electron chi connectivity index (χ4n) is 2.03. The van der Waals surface area contributed by atoms with Gasteiger partial charge in [-0.2, -0.15) is 0 Å². The first-order valence-electron chi connectivity index (χ1n) is 6.67. The molecular formula is C17H17BrO3. The van der Waals surface area contributed by atoms with E-state index < -0.39 is 0 Å². The molecule has 0 aromatic heterocycles. The van der Waals surface area contributed by atoms with Crippen LogP contribution in [0.25, 0.3) is 0 Å². The smallest absolute Gasteiger partial charge is 0.150 e. The Morgan fingerprint density at radius 3 is 2.29 bits per heavy atom. The summed E-state index contributed by atoms with van der Waals surface area (Å²) in [6.07, 6.45) is 0.803. The molecule has 0 N–H and O–H groups in total. The molecule has 2 rings (SSSR count). The molecule has 21 heavy (non-hydrogen) atoms. The summed E-state index contributed by atoms with van der Waals surface area (Å²) in [5, 5.41) is 0. The standard InChI is InChI=1S/C17H17BrO3/c1-12-7-13(2)9-15(8-12)20-5-6-21-17-4-3-14(11-19)10-16(17)18/h3-4,7-11H,5-6H2,1-2H3. The summed E-state index contributed by atoms with van der Waals surface area (Å²) in [4.78, 5) is 10.7. The maximum Gasteiger partial charge on any atom is 0.150 e. The molecule has 0 aliphatic carbocycles. The van der Waals surface area contributed by atoms with Crippen LogP contribution >= 0.6 is 15.9 Å². The first-order chi connectivity index (χ1) is 10.1. The van der Waals surface area contributed by atoms with Gasteiger partial charge in [-0.05, 0) is 71.2 Å². The van der Waals surface area contributed by atoms with Crippen molar-refractivity contribution in [1.82, 2.24) is 0 Å². The quantitative estimate of drug-likeness (QED) is 0.575. The third-order valence-corrected chi connectivity index (χ3v) is 3.52. The zero-order valence-electron chi connectivity index (χ0n) is 12.1. The molecule has 0 spiro atoms. The Hall–Kier alpha value is -1.81. The molecule has 0 aliphatic heterocycles. The molecule has 0 amide bonds. The Morgan fingerprint density at radius 2 is 1.67 bits per heavy atom. The number of benzene rings is 2. The van der Waals surface area contributed by atoms with E-state index in [0.29, 0.717) is 24.5 Å². The summed E-state index contributed by atoms with van der Waals surface area (Å²) in [7, 11) is 0. The highest BCUT2D eigenvalue weighted by molar-refractivity contribution is 9.10. The zero-order valence-corrected chi connectivity index (χ0v) is 13.6. The lowest BCUT2D eigenvalue weighted by molar-refractivity contribution is 0.112. The maximum atomic E-state index is 10.7. The number of halogens is 1. The summed E-state index contributed by atoms with van der Waals surface area (Å²) in [6, 6.07) is 11.3. The Labute approximate surface area is 133 Å². The van der Waals surface area contributed by atoms with Crippen molar-refractivity contribution in [3.8, 4) is 11.5 Å². The number of hydrogen-bond donors (Lipinski definition) is 0. The van der Waals surface area contributed by atoms with Gasteiger partial charge in [0.2, 0.25) is 0 Å². The summed E-state index contributed by atoms with van der Waals surface area (Å²) in [5.41, 5.74) is 2.97. The van der Waals surface area contributed by atoms with Gasteiger partial charge < -0.3 is 9.47 Å². The molecule has 0 bridgehead atoms. The van der Waals surface area contributed by atoms with E-state index in [1.54, 1.807) is 18.2 Å². The summed E-state index contributed by atoms with van der Waals surface area (Å²) in [5.74, 6) is 1.55. The van der Waals surface area contributed by atoms with E-state index in [0.717, 1.165) is 16.5 Å². The second kappa shape index (κ2) is 7.27. The van der Waals surface area contributed by atoms with Crippen molar-refractivity contribution in [2.24, 2.45) is 0 Å². The molecule has 4 heteroatoms. The Morgan fingerprint density at radius 1 is 1.00 bits per heavy atom. The second-order valence-corrected chi connectivity index (χ2v) is 5.68. The lowest BCUT2D eigenvalue weighted by Gasteiger charge is -2.11. The largest absolute Gasteiger partial charge is 0.490 e. The van der Waals surface area contributed by atoms with Crippen LogP contribution in [-0.2, 0) is 0 Å². The average Bonchev–Trinajstić information content (AvgIpc) is 2.43. The number of hydrogen-bond acceptors (Lipinski definition) is 3. The molecule has 2 aromatic carbocycles. The van der Waals surface area contributed by atoms with E-state index in [9.17, 15) is 4.79 Å². The van der Waals surface area contributed by atoms with Crippen LogP contribution in [0, 0.1) is 13.8 Å². The number of rotatable bonds is 6. The minimum Gasteiger partial charge on any atom is -0.490 e. The number of ether oxygens (including phenoxy) is 2. The van der Waals surface area contributed by atoms with Crippen molar-refractivity contribution in [1.29, 1.82) is 0 Å². The van der Waals surface area contributed by atoms with Crippen molar-refractivity contribution in [2.45, 2.75) is 13.8 Å². The van der Waals surface area contributed by atoms with Crippen molar-refractivity contribution < 1.29 is 14.3 Å². The molecule has 0 saturated heterocycles. The van der Waals surface area contributed by atoms with Crippen LogP contribution in [0.2, 0.25) is 0 Å². The van der Waals surface area contributed by atoms with Gasteiger partial charge in [0.25, 0.3) is 0 Å². The number of carbonyl (C=O) groups is 1. The van der Waals surface area contributed by atoms with E-state index in [4.69, 9.17) is 9.47 Å². The van der Waals surface area contributed by atoms with Crippen LogP contribution in [-0.4, -0.2) is 19.5 Å². The molecule has 0 atom stereocenters. The van der Waals surface area contributed by atoms with Gasteiger partial charge >= 0.3 is 0 Å². The molecule has 3 nitrogen and oxygen atoms in total. The minimum absolute atomic E-state index is 0.437. The van der Waals surface area contributed by atoms with Crippen LogP contribution in [0.1, 0.15) is 21.5 Å². The molecule has 0 unspecified atom stereocenters. The van der Waals surface area contributed by atoms with Crippen LogP contribution in [0.5, 0.6) is 11.5 Å². The van der Waals surface area contributed by atoms with Gasteiger partial charge in [0, 0.05) is 5.56 Å². The SMILES string of the molecule is Cc1cc(C)cc(OCCOc2ccc(C=O)cc2Br)c1. The summed E-state index contributed by atoms with van der Waals surface area (Å²) >= 11 is 3.38. The van der Waals surface area contributed by atoms with Crippen molar-refractivity contribution in [3.05, 3.63) is 57.6 Å². The van der Waals surface area contributed by atoms with E-state index in [1.165, 1.54) is 11.1 Å². The Balaban J connectivity index is 1.86. The molecular weight excluding hydrogens is 332 g/mol. The van der Waals surface area contributed by atoms with E-state index >= 15 is 0 Å². The van der Waals surface area contributed by atoms with Gasteiger partial charge in [0.15, 0.2) is 0 Å². The third-order valence-electron chi connectivity index (χ3n) is 2.90. The molecule has 0 aliphatic rings. The van der Waals surface area contributed by atoms with Gasteiger partial charge in [0.1, 0.15) is 31.0 Å². The van der Waals surface area contributed by atoms with Gasteiger partial charge in [-0.1, -0.05) is 6.07 Å². The number of carbonyl (C=O) groups excluding carboxylic acids is 1. The number of aryl methyl sites for hydroxylation is 2. The summed E-state index contributed by atoms with van der Waals surface area (Å²) < 4.78 is 12.1. The lowest BCUT2D eigenvalue weighted by Crippen LogP contribution is -2.09. The topological polar surface area (TPSA) is 35.5 Å². The highest BCUT2D eigenvalue weighted by atomic mass is 79.9. The van der Waals surface area contributed by atoms with Gasteiger partial charge in [-0.3, -0.25) is 4.79 Å². The van der Waals surface area contributed by atoms with Crippen molar-refractivity contribution in [3.63, 3.8) is 0 Å². The predicted molar refractivity (Wildman–Crippen MR) is 86.4 cm³/mol. The molecule has 0 heterocycles. The van der Waals surface area contributed by atoms with Crippen LogP contribution in [0.4, 0.5) is 0 Å². The molecule has 0 fully saturated rings. The van der Waals surface area contributed by atoms with E-state index in [-0.39, 0.29) is 0 Å². The Kier molecular flexibility index (Phi) is 5.39. The molecule has 0 radical (unpaired) electrons. The fourth-order valence-corrected chi connectivity index (χ4v) is 2.55. The van der Waals surface area contributed by atoms with Gasteiger partial charge in [-0.15, -0.1) is 0 Å². The fraction of sp³-hybridized carbons (Fsp3) is 0.235. The summed E-state index contributed by atoms with van der Waals surface area (Å²) in [6.45, 7) is 4.99. The average molecular weight is 349 g/mol. The third kappa shape index (κ3) is 4.60. The number of aldehydes is 1. The predicted octanol–water partition coefficient (Wildman–Crippen LogP) is 4.34. The second-order valence-electron chi connectivity index (χ2n) is 4.83. The van der Waals surface area contributed by atoms with Crippen LogP contribution < -0.4 is 9.47 Å². The molecule has 110 valence electrons. The van der Waals surface area contributed by atoms with Crippen LogP contribution in [0.3, 0.4) is 0 Å². The molecule has 0 saturated carbocycles. The van der Waals surface area contributed by atoms with E-state index in [1.807, 2.05) is 26.0 Å². The van der Waals surface area contributed by atoms with Crippen molar-refractivity contribution >= 4 is 22.2 Å². The van der Waals surface area contributed by atoms with Crippen molar-refractivity contribution in [2.75, 3.05) is 13.2 Å². The first-order valence-corrected chi connectivity index (χ1v) is 7.46. The maximum absolute atomic E-state index is 10.7. The van der Waals surface area contributed by atoms with Gasteiger partial charge in [-0.25, -0.2) is 0 Å². The highest BCUT2D eigenvalue weighted by Crippen LogP contribution is 2.25. The monoisotopic (exact) mass is 348 g/mol. The van der Waals surface area contributed by atoms with E-state index in [2.05, 4.69) is 22.0 Å². The highest BCUT2D eigenvalue weighted by Gasteiger charge is 2.03. The normalized spacial score (nSPS) is 10.2. The van der Waals surface area contributed by atoms with Gasteiger partial charge in [0.05, 0.1) is 4.47 Å². The lowest BCUT2D eigenvalue weighted by atomic mass is 10.1. The van der Waals surface area contributed by atoms with Crippen LogP contribution in [0.15, 0.2) is 40.9 Å². The first kappa shape index (κ1) is 15.6. The molecule has 2 aromatic rings. The minimum atomic E-state index is 0.437. The Bertz CT molecular complexity index is 618.